The molecule has 150 valence electrons. The van der Waals surface area contributed by atoms with Crippen LogP contribution in [0.25, 0.3) is 0 Å². The molecular weight excluding hydrogens is 360 g/mol. The first-order valence-electron chi connectivity index (χ1n) is 10.9. The molecule has 0 bridgehead atoms. The zero-order valence-electron chi connectivity index (χ0n) is 17.2. The van der Waals surface area contributed by atoms with E-state index in [1.165, 1.54) is 36.1 Å². The molecule has 0 radical (unpaired) electrons. The molecule has 0 aliphatic heterocycles. The third kappa shape index (κ3) is 5.66. The lowest BCUT2D eigenvalue weighted by Gasteiger charge is -2.33. The SMILES string of the molecule is CCCCCCO[Si](OCC1CC=CCC1)(c1ccccc1)c1ccccc1. The van der Waals surface area contributed by atoms with Crippen LogP contribution < -0.4 is 10.4 Å². The minimum atomic E-state index is -2.72. The van der Waals surface area contributed by atoms with Crippen LogP contribution in [0.4, 0.5) is 0 Å². The van der Waals surface area contributed by atoms with E-state index in [1.54, 1.807) is 0 Å². The van der Waals surface area contributed by atoms with Gasteiger partial charge in [0.25, 0.3) is 0 Å². The van der Waals surface area contributed by atoms with Crippen LogP contribution in [0.3, 0.4) is 0 Å². The van der Waals surface area contributed by atoms with Gasteiger partial charge in [0.1, 0.15) is 0 Å². The van der Waals surface area contributed by atoms with Crippen molar-refractivity contribution in [2.75, 3.05) is 13.2 Å². The molecule has 1 atom stereocenters. The maximum atomic E-state index is 6.83. The van der Waals surface area contributed by atoms with Crippen molar-refractivity contribution in [2.45, 2.75) is 51.9 Å². The van der Waals surface area contributed by atoms with Gasteiger partial charge in [0.2, 0.25) is 0 Å². The molecule has 0 fully saturated rings. The first-order chi connectivity index (χ1) is 13.8. The summed E-state index contributed by atoms with van der Waals surface area (Å²) in [5.41, 5.74) is 0. The lowest BCUT2D eigenvalue weighted by Crippen LogP contribution is -2.64. The average molecular weight is 395 g/mol. The minimum Gasteiger partial charge on any atom is -0.388 e. The van der Waals surface area contributed by atoms with Gasteiger partial charge in [-0.15, -0.1) is 0 Å². The van der Waals surface area contributed by atoms with Crippen molar-refractivity contribution in [3.63, 3.8) is 0 Å². The van der Waals surface area contributed by atoms with Crippen molar-refractivity contribution in [3.8, 4) is 0 Å². The second-order valence-electron chi connectivity index (χ2n) is 7.72. The molecule has 0 N–H and O–H groups in total. The standard InChI is InChI=1S/C25H34O2Si/c1-2-3-4-14-21-26-28(24-17-10-6-11-18-24,25-19-12-7-13-20-25)27-22-23-15-8-5-9-16-23/h5-8,10-13,17-20,23H,2-4,9,14-16,21-22H2,1H3. The Hall–Kier alpha value is -1.68. The summed E-state index contributed by atoms with van der Waals surface area (Å²) in [6, 6.07) is 21.3. The Kier molecular flexibility index (Phi) is 8.53. The topological polar surface area (TPSA) is 18.5 Å². The predicted molar refractivity (Wildman–Crippen MR) is 120 cm³/mol. The van der Waals surface area contributed by atoms with Crippen LogP contribution >= 0.6 is 0 Å². The van der Waals surface area contributed by atoms with Crippen molar-refractivity contribution in [1.82, 2.24) is 0 Å². The van der Waals surface area contributed by atoms with E-state index in [2.05, 4.69) is 79.7 Å². The van der Waals surface area contributed by atoms with Crippen LogP contribution in [0.1, 0.15) is 51.9 Å². The number of hydrogen-bond acceptors (Lipinski definition) is 2. The Bertz CT molecular complexity index is 660. The molecule has 2 nitrogen and oxygen atoms in total. The quantitative estimate of drug-likeness (QED) is 0.296. The van der Waals surface area contributed by atoms with E-state index < -0.39 is 8.56 Å². The number of unbranched alkanes of at least 4 members (excludes halogenated alkanes) is 3. The lowest BCUT2D eigenvalue weighted by atomic mass is 9.96. The molecule has 1 aliphatic rings. The van der Waals surface area contributed by atoms with Crippen molar-refractivity contribution < 1.29 is 8.85 Å². The van der Waals surface area contributed by atoms with Gasteiger partial charge in [0.15, 0.2) is 0 Å². The molecule has 2 aromatic carbocycles. The van der Waals surface area contributed by atoms with E-state index in [0.29, 0.717) is 5.92 Å². The fourth-order valence-electron chi connectivity index (χ4n) is 3.84. The Labute approximate surface area is 171 Å². The molecule has 1 unspecified atom stereocenters. The van der Waals surface area contributed by atoms with Gasteiger partial charge in [-0.3, -0.25) is 0 Å². The molecule has 3 heteroatoms. The van der Waals surface area contributed by atoms with Crippen LogP contribution in [0.2, 0.25) is 0 Å². The second kappa shape index (κ2) is 11.4. The summed E-state index contributed by atoms with van der Waals surface area (Å²) in [5, 5.41) is 2.42. The highest BCUT2D eigenvalue weighted by Gasteiger charge is 2.43. The van der Waals surface area contributed by atoms with Gasteiger partial charge in [-0.05, 0) is 42.0 Å². The molecule has 2 aromatic rings. The molecule has 0 amide bonds. The maximum Gasteiger partial charge on any atom is 0.407 e. The van der Waals surface area contributed by atoms with Gasteiger partial charge in [-0.2, -0.15) is 0 Å². The summed E-state index contributed by atoms with van der Waals surface area (Å²) >= 11 is 0. The smallest absolute Gasteiger partial charge is 0.388 e. The first-order valence-corrected chi connectivity index (χ1v) is 12.7. The van der Waals surface area contributed by atoms with Crippen molar-refractivity contribution >= 4 is 18.9 Å². The molecule has 0 heterocycles. The van der Waals surface area contributed by atoms with Gasteiger partial charge < -0.3 is 8.85 Å². The van der Waals surface area contributed by atoms with Crippen LogP contribution in [0.5, 0.6) is 0 Å². The summed E-state index contributed by atoms with van der Waals surface area (Å²) in [7, 11) is -2.72. The number of rotatable bonds is 11. The summed E-state index contributed by atoms with van der Waals surface area (Å²) in [6.07, 6.45) is 12.9. The molecule has 1 aliphatic carbocycles. The fraction of sp³-hybridized carbons (Fsp3) is 0.440. The van der Waals surface area contributed by atoms with E-state index in [4.69, 9.17) is 8.85 Å². The lowest BCUT2D eigenvalue weighted by molar-refractivity contribution is 0.158. The summed E-state index contributed by atoms with van der Waals surface area (Å²) < 4.78 is 13.6. The van der Waals surface area contributed by atoms with Gasteiger partial charge in [0.05, 0.1) is 0 Å². The van der Waals surface area contributed by atoms with Gasteiger partial charge in [0, 0.05) is 13.2 Å². The molecule has 28 heavy (non-hydrogen) atoms. The first kappa shape index (κ1) is 21.0. The third-order valence-electron chi connectivity index (χ3n) is 5.51. The number of allylic oxidation sites excluding steroid dienone is 2. The molecule has 0 saturated carbocycles. The van der Waals surface area contributed by atoms with Crippen molar-refractivity contribution in [2.24, 2.45) is 5.92 Å². The van der Waals surface area contributed by atoms with Crippen LogP contribution in [0.15, 0.2) is 72.8 Å². The van der Waals surface area contributed by atoms with E-state index in [9.17, 15) is 0 Å². The zero-order chi connectivity index (χ0) is 19.5. The molecule has 3 rings (SSSR count). The van der Waals surface area contributed by atoms with Crippen molar-refractivity contribution in [1.29, 1.82) is 0 Å². The van der Waals surface area contributed by atoms with Gasteiger partial charge >= 0.3 is 8.56 Å². The minimum absolute atomic E-state index is 0.591. The highest BCUT2D eigenvalue weighted by atomic mass is 28.4. The Morgan fingerprint density at radius 1 is 0.821 bits per heavy atom. The number of benzene rings is 2. The molecular formula is C25H34O2Si. The monoisotopic (exact) mass is 394 g/mol. The van der Waals surface area contributed by atoms with Crippen LogP contribution in [-0.4, -0.2) is 21.8 Å². The average Bonchev–Trinajstić information content (AvgIpc) is 2.78. The van der Waals surface area contributed by atoms with E-state index in [0.717, 1.165) is 32.5 Å². The maximum absolute atomic E-state index is 6.83. The van der Waals surface area contributed by atoms with Crippen LogP contribution in [0, 0.1) is 5.92 Å². The zero-order valence-corrected chi connectivity index (χ0v) is 18.2. The van der Waals surface area contributed by atoms with Crippen LogP contribution in [-0.2, 0) is 8.85 Å². The van der Waals surface area contributed by atoms with E-state index in [-0.39, 0.29) is 0 Å². The van der Waals surface area contributed by atoms with E-state index in [1.807, 2.05) is 0 Å². The highest BCUT2D eigenvalue weighted by molar-refractivity contribution is 6.92. The Balaban J connectivity index is 1.85. The normalized spacial score (nSPS) is 17.0. The highest BCUT2D eigenvalue weighted by Crippen LogP contribution is 2.21. The van der Waals surface area contributed by atoms with Gasteiger partial charge in [-0.1, -0.05) is 99.0 Å². The molecule has 0 spiro atoms. The largest absolute Gasteiger partial charge is 0.407 e. The van der Waals surface area contributed by atoms with Crippen molar-refractivity contribution in [3.05, 3.63) is 72.8 Å². The summed E-state index contributed by atoms with van der Waals surface area (Å²) in [4.78, 5) is 0. The fourth-order valence-corrected chi connectivity index (χ4v) is 7.09. The van der Waals surface area contributed by atoms with Gasteiger partial charge in [-0.25, -0.2) is 0 Å². The second-order valence-corrected chi connectivity index (χ2v) is 10.7. The Morgan fingerprint density at radius 2 is 1.50 bits per heavy atom. The summed E-state index contributed by atoms with van der Waals surface area (Å²) in [5.74, 6) is 0.591. The number of hydrogen-bond donors (Lipinski definition) is 0. The molecule has 0 saturated heterocycles. The molecule has 0 aromatic heterocycles. The predicted octanol–water partition coefficient (Wildman–Crippen LogP) is 5.21. The van der Waals surface area contributed by atoms with E-state index >= 15 is 0 Å². The third-order valence-corrected chi connectivity index (χ3v) is 8.88. The Morgan fingerprint density at radius 3 is 2.07 bits per heavy atom. The summed E-state index contributed by atoms with van der Waals surface area (Å²) in [6.45, 7) is 3.78.